The van der Waals surface area contributed by atoms with Crippen LogP contribution in [0, 0.1) is 5.82 Å². The largest absolute Gasteiger partial charge is 0.341 e. The molecule has 2 heterocycles. The zero-order valence-corrected chi connectivity index (χ0v) is 12.5. The molecule has 0 unspecified atom stereocenters. The van der Waals surface area contributed by atoms with Gasteiger partial charge >= 0.3 is 0 Å². The van der Waals surface area contributed by atoms with Crippen LogP contribution in [-0.2, 0) is 6.54 Å². The number of benzene rings is 1. The first-order valence-corrected chi connectivity index (χ1v) is 7.49. The topological polar surface area (TPSA) is 22.8 Å². The molecule has 0 aliphatic rings. The summed E-state index contributed by atoms with van der Waals surface area (Å²) in [5, 5.41) is 5.71. The van der Waals surface area contributed by atoms with Gasteiger partial charge in [0.2, 0.25) is 0 Å². The molecule has 0 saturated carbocycles. The van der Waals surface area contributed by atoms with Crippen molar-refractivity contribution in [2.45, 2.75) is 39.3 Å². The van der Waals surface area contributed by atoms with E-state index in [1.165, 1.54) is 6.07 Å². The van der Waals surface area contributed by atoms with Gasteiger partial charge in [-0.25, -0.2) is 4.39 Å². The van der Waals surface area contributed by atoms with Gasteiger partial charge in [0.1, 0.15) is 5.82 Å². The van der Waals surface area contributed by atoms with E-state index < -0.39 is 0 Å². The van der Waals surface area contributed by atoms with Crippen molar-refractivity contribution in [1.82, 2.24) is 14.3 Å². The van der Waals surface area contributed by atoms with Crippen LogP contribution in [0.2, 0.25) is 0 Å². The molecule has 3 rings (SSSR count). The molecule has 21 heavy (non-hydrogen) atoms. The number of hydrogen-bond acceptors (Lipinski definition) is 1. The molecule has 0 saturated heterocycles. The van der Waals surface area contributed by atoms with Gasteiger partial charge in [-0.15, -0.1) is 0 Å². The van der Waals surface area contributed by atoms with Gasteiger partial charge in [0.15, 0.2) is 0 Å². The Bertz CT molecular complexity index is 737. The van der Waals surface area contributed by atoms with Crippen molar-refractivity contribution in [2.75, 3.05) is 0 Å². The summed E-state index contributed by atoms with van der Waals surface area (Å²) in [7, 11) is 0. The second-order valence-corrected chi connectivity index (χ2v) is 5.40. The third kappa shape index (κ3) is 2.71. The van der Waals surface area contributed by atoms with Crippen LogP contribution in [0.15, 0.2) is 42.7 Å². The summed E-state index contributed by atoms with van der Waals surface area (Å²) < 4.78 is 17.5. The van der Waals surface area contributed by atoms with Crippen LogP contribution in [0.3, 0.4) is 0 Å². The fourth-order valence-electron chi connectivity index (χ4n) is 2.80. The van der Waals surface area contributed by atoms with E-state index >= 15 is 0 Å². The van der Waals surface area contributed by atoms with Gasteiger partial charge in [-0.3, -0.25) is 4.68 Å². The fraction of sp³-hybridized carbons (Fsp3) is 0.353. The minimum Gasteiger partial charge on any atom is -0.341 e. The van der Waals surface area contributed by atoms with E-state index in [9.17, 15) is 4.39 Å². The van der Waals surface area contributed by atoms with Crippen molar-refractivity contribution in [3.8, 4) is 0 Å². The second-order valence-electron chi connectivity index (χ2n) is 5.40. The van der Waals surface area contributed by atoms with Crippen LogP contribution in [0.25, 0.3) is 10.9 Å². The molecule has 4 heteroatoms. The normalized spacial score (nSPS) is 11.6. The Balaban J connectivity index is 1.87. The molecule has 0 N–H and O–H groups in total. The first kappa shape index (κ1) is 13.9. The first-order valence-electron chi connectivity index (χ1n) is 7.49. The molecule has 0 bridgehead atoms. The molecule has 3 aromatic rings. The number of nitrogens with zero attached hydrogens (tertiary/aromatic N) is 3. The number of halogens is 1. The lowest BCUT2D eigenvalue weighted by Gasteiger charge is -2.12. The van der Waals surface area contributed by atoms with E-state index in [-0.39, 0.29) is 5.82 Å². The maximum absolute atomic E-state index is 13.4. The molecular formula is C17H20FN3. The molecule has 1 aromatic carbocycles. The van der Waals surface area contributed by atoms with Crippen molar-refractivity contribution >= 4 is 10.9 Å². The van der Waals surface area contributed by atoms with Crippen molar-refractivity contribution in [3.05, 3.63) is 54.2 Å². The van der Waals surface area contributed by atoms with Crippen molar-refractivity contribution in [3.63, 3.8) is 0 Å². The molecule has 0 aliphatic carbocycles. The Morgan fingerprint density at radius 2 is 1.90 bits per heavy atom. The van der Waals surface area contributed by atoms with Crippen LogP contribution in [0.5, 0.6) is 0 Å². The number of rotatable bonds is 5. The van der Waals surface area contributed by atoms with Gasteiger partial charge in [-0.05, 0) is 48.6 Å². The lowest BCUT2D eigenvalue weighted by molar-refractivity contribution is 0.425. The summed E-state index contributed by atoms with van der Waals surface area (Å²) in [6, 6.07) is 9.39. The molecule has 0 atom stereocenters. The van der Waals surface area contributed by atoms with E-state index in [1.807, 2.05) is 39.8 Å². The minimum atomic E-state index is -0.204. The SMILES string of the molecule is CCC(CC)n1ccc(Cn2ccc3ccc(F)cc32)n1. The average molecular weight is 285 g/mol. The standard InChI is InChI=1S/C17H20FN3/c1-3-16(4-2)21-10-8-15(19-21)12-20-9-7-13-5-6-14(18)11-17(13)20/h5-11,16H,3-4,12H2,1-2H3. The molecule has 0 amide bonds. The maximum atomic E-state index is 13.4. The summed E-state index contributed by atoms with van der Waals surface area (Å²) in [4.78, 5) is 0. The van der Waals surface area contributed by atoms with Gasteiger partial charge in [0.25, 0.3) is 0 Å². The van der Waals surface area contributed by atoms with Crippen molar-refractivity contribution < 1.29 is 4.39 Å². The van der Waals surface area contributed by atoms with Crippen LogP contribution < -0.4 is 0 Å². The summed E-state index contributed by atoms with van der Waals surface area (Å²) in [6.07, 6.45) is 6.18. The zero-order chi connectivity index (χ0) is 14.8. The van der Waals surface area contributed by atoms with Gasteiger partial charge in [0, 0.05) is 12.4 Å². The van der Waals surface area contributed by atoms with Crippen LogP contribution in [-0.4, -0.2) is 14.3 Å². The Hall–Kier alpha value is -2.10. The number of fused-ring (bicyclic) bond motifs is 1. The third-order valence-corrected chi connectivity index (χ3v) is 4.05. The highest BCUT2D eigenvalue weighted by Crippen LogP contribution is 2.19. The average Bonchev–Trinajstić information content (AvgIpc) is 3.09. The zero-order valence-electron chi connectivity index (χ0n) is 12.5. The molecule has 0 radical (unpaired) electrons. The van der Waals surface area contributed by atoms with E-state index in [2.05, 4.69) is 18.9 Å². The van der Waals surface area contributed by atoms with E-state index in [4.69, 9.17) is 0 Å². The van der Waals surface area contributed by atoms with Gasteiger partial charge in [0.05, 0.1) is 23.8 Å². The molecule has 0 spiro atoms. The van der Waals surface area contributed by atoms with Crippen LogP contribution in [0.4, 0.5) is 4.39 Å². The Labute approximate surface area is 124 Å². The van der Waals surface area contributed by atoms with E-state index in [0.717, 1.165) is 29.4 Å². The lowest BCUT2D eigenvalue weighted by Crippen LogP contribution is -2.08. The maximum Gasteiger partial charge on any atom is 0.125 e. The Kier molecular flexibility index (Phi) is 3.78. The van der Waals surface area contributed by atoms with Crippen molar-refractivity contribution in [1.29, 1.82) is 0 Å². The summed E-state index contributed by atoms with van der Waals surface area (Å²) in [5.41, 5.74) is 1.91. The molecular weight excluding hydrogens is 265 g/mol. The highest BCUT2D eigenvalue weighted by atomic mass is 19.1. The summed E-state index contributed by atoms with van der Waals surface area (Å²) >= 11 is 0. The predicted molar refractivity (Wildman–Crippen MR) is 82.8 cm³/mol. The van der Waals surface area contributed by atoms with E-state index in [1.54, 1.807) is 6.07 Å². The Morgan fingerprint density at radius 3 is 2.67 bits per heavy atom. The minimum absolute atomic E-state index is 0.204. The van der Waals surface area contributed by atoms with Crippen LogP contribution >= 0.6 is 0 Å². The van der Waals surface area contributed by atoms with Crippen LogP contribution in [0.1, 0.15) is 38.4 Å². The smallest absolute Gasteiger partial charge is 0.125 e. The number of aromatic nitrogens is 3. The summed E-state index contributed by atoms with van der Waals surface area (Å²) in [5.74, 6) is -0.204. The highest BCUT2D eigenvalue weighted by Gasteiger charge is 2.09. The lowest BCUT2D eigenvalue weighted by atomic mass is 10.2. The third-order valence-electron chi connectivity index (χ3n) is 4.05. The molecule has 110 valence electrons. The van der Waals surface area contributed by atoms with Gasteiger partial charge in [-0.2, -0.15) is 5.10 Å². The molecule has 0 fully saturated rings. The molecule has 2 aromatic heterocycles. The second kappa shape index (κ2) is 5.72. The predicted octanol–water partition coefficient (Wildman–Crippen LogP) is 4.39. The highest BCUT2D eigenvalue weighted by molar-refractivity contribution is 5.80. The van der Waals surface area contributed by atoms with Gasteiger partial charge < -0.3 is 4.57 Å². The Morgan fingerprint density at radius 1 is 1.10 bits per heavy atom. The van der Waals surface area contributed by atoms with Gasteiger partial charge in [-0.1, -0.05) is 13.8 Å². The molecule has 0 aliphatic heterocycles. The summed E-state index contributed by atoms with van der Waals surface area (Å²) in [6.45, 7) is 5.02. The van der Waals surface area contributed by atoms with Crippen molar-refractivity contribution in [2.24, 2.45) is 0 Å². The monoisotopic (exact) mass is 285 g/mol. The quantitative estimate of drug-likeness (QED) is 0.682. The fourth-order valence-corrected chi connectivity index (χ4v) is 2.80. The molecule has 3 nitrogen and oxygen atoms in total. The number of hydrogen-bond donors (Lipinski definition) is 0. The van der Waals surface area contributed by atoms with E-state index in [0.29, 0.717) is 12.6 Å². The first-order chi connectivity index (χ1) is 10.2.